The third-order valence-corrected chi connectivity index (χ3v) is 3.64. The normalized spacial score (nSPS) is 10.7. The summed E-state index contributed by atoms with van der Waals surface area (Å²) in [5, 5.41) is 11.3. The highest BCUT2D eigenvalue weighted by atomic mass is 127. The van der Waals surface area contributed by atoms with Crippen LogP contribution in [0.15, 0.2) is 18.2 Å². The Morgan fingerprint density at radius 3 is 2.79 bits per heavy atom. The molecule has 0 aliphatic rings. The summed E-state index contributed by atoms with van der Waals surface area (Å²) in [6.07, 6.45) is 0. The van der Waals surface area contributed by atoms with Crippen molar-refractivity contribution in [2.45, 2.75) is 0 Å². The number of nitro groups is 1. The Labute approximate surface area is 95.8 Å². The molecule has 0 aliphatic heterocycles. The number of thiophene rings is 1. The molecular weight excluding hydrogens is 320 g/mol. The van der Waals surface area contributed by atoms with E-state index in [0.717, 1.165) is 16.7 Å². The van der Waals surface area contributed by atoms with Gasteiger partial charge in [0.05, 0.1) is 4.92 Å². The SMILES string of the molecule is O=[N+]([O-])c1cc2c(I)cc(F)cc2s1. The van der Waals surface area contributed by atoms with Gasteiger partial charge in [0.25, 0.3) is 0 Å². The van der Waals surface area contributed by atoms with Crippen molar-refractivity contribution in [3.05, 3.63) is 37.7 Å². The molecule has 0 unspecified atom stereocenters. The van der Waals surface area contributed by atoms with Gasteiger partial charge in [-0.25, -0.2) is 4.39 Å². The fourth-order valence-electron chi connectivity index (χ4n) is 1.14. The molecule has 14 heavy (non-hydrogen) atoms. The van der Waals surface area contributed by atoms with Gasteiger partial charge in [0.15, 0.2) is 0 Å². The Balaban J connectivity index is 2.76. The number of benzene rings is 1. The van der Waals surface area contributed by atoms with E-state index in [0.29, 0.717) is 8.27 Å². The quantitative estimate of drug-likeness (QED) is 0.458. The molecule has 1 heterocycles. The van der Waals surface area contributed by atoms with Crippen LogP contribution in [0.1, 0.15) is 0 Å². The molecule has 72 valence electrons. The Bertz CT molecular complexity index is 525. The molecule has 0 fully saturated rings. The van der Waals surface area contributed by atoms with Crippen LogP contribution in [0.25, 0.3) is 10.1 Å². The van der Waals surface area contributed by atoms with Crippen molar-refractivity contribution >= 4 is 49.0 Å². The van der Waals surface area contributed by atoms with Crippen molar-refractivity contribution in [2.24, 2.45) is 0 Å². The van der Waals surface area contributed by atoms with Crippen molar-refractivity contribution in [2.75, 3.05) is 0 Å². The van der Waals surface area contributed by atoms with E-state index in [-0.39, 0.29) is 10.8 Å². The average molecular weight is 323 g/mol. The van der Waals surface area contributed by atoms with E-state index in [1.165, 1.54) is 18.2 Å². The molecule has 0 amide bonds. The number of fused-ring (bicyclic) bond motifs is 1. The van der Waals surface area contributed by atoms with Gasteiger partial charge in [0.1, 0.15) is 5.82 Å². The van der Waals surface area contributed by atoms with Gasteiger partial charge in [-0.15, -0.1) is 0 Å². The van der Waals surface area contributed by atoms with Crippen LogP contribution in [-0.4, -0.2) is 4.92 Å². The molecule has 2 rings (SSSR count). The maximum Gasteiger partial charge on any atom is 0.325 e. The summed E-state index contributed by atoms with van der Waals surface area (Å²) in [6.45, 7) is 0. The van der Waals surface area contributed by atoms with Crippen LogP contribution in [0.5, 0.6) is 0 Å². The summed E-state index contributed by atoms with van der Waals surface area (Å²) >= 11 is 2.95. The van der Waals surface area contributed by atoms with Gasteiger partial charge >= 0.3 is 5.00 Å². The topological polar surface area (TPSA) is 43.1 Å². The van der Waals surface area contributed by atoms with Gasteiger partial charge in [0, 0.05) is 19.7 Å². The zero-order valence-electron chi connectivity index (χ0n) is 6.66. The Morgan fingerprint density at radius 2 is 2.14 bits per heavy atom. The maximum absolute atomic E-state index is 12.9. The largest absolute Gasteiger partial charge is 0.325 e. The molecule has 2 aromatic rings. The molecule has 1 aromatic carbocycles. The zero-order chi connectivity index (χ0) is 10.3. The summed E-state index contributed by atoms with van der Waals surface area (Å²) in [5.41, 5.74) is 0. The minimum Gasteiger partial charge on any atom is -0.258 e. The van der Waals surface area contributed by atoms with E-state index in [2.05, 4.69) is 0 Å². The second kappa shape index (κ2) is 3.43. The molecule has 3 nitrogen and oxygen atoms in total. The third-order valence-electron chi connectivity index (χ3n) is 1.72. The van der Waals surface area contributed by atoms with Crippen molar-refractivity contribution < 1.29 is 9.31 Å². The van der Waals surface area contributed by atoms with Crippen LogP contribution < -0.4 is 0 Å². The average Bonchev–Trinajstić information content (AvgIpc) is 2.47. The highest BCUT2D eigenvalue weighted by molar-refractivity contribution is 14.1. The first kappa shape index (κ1) is 9.78. The fourth-order valence-corrected chi connectivity index (χ4v) is 2.99. The van der Waals surface area contributed by atoms with Crippen molar-refractivity contribution in [3.63, 3.8) is 0 Å². The predicted octanol–water partition coefficient (Wildman–Crippen LogP) is 3.55. The molecule has 0 atom stereocenters. The van der Waals surface area contributed by atoms with Crippen LogP contribution in [-0.2, 0) is 0 Å². The molecule has 0 bridgehead atoms. The molecule has 0 saturated heterocycles. The number of halogens is 2. The summed E-state index contributed by atoms with van der Waals surface area (Å²) in [4.78, 5) is 10.0. The van der Waals surface area contributed by atoms with Gasteiger partial charge in [-0.1, -0.05) is 11.3 Å². The predicted molar refractivity (Wildman–Crippen MR) is 61.2 cm³/mol. The van der Waals surface area contributed by atoms with E-state index in [4.69, 9.17) is 0 Å². The van der Waals surface area contributed by atoms with Crippen LogP contribution in [0.3, 0.4) is 0 Å². The second-order valence-electron chi connectivity index (χ2n) is 2.64. The molecule has 0 spiro atoms. The lowest BCUT2D eigenvalue weighted by molar-refractivity contribution is -0.380. The van der Waals surface area contributed by atoms with Gasteiger partial charge in [-0.3, -0.25) is 10.1 Å². The maximum atomic E-state index is 12.9. The van der Waals surface area contributed by atoms with E-state index >= 15 is 0 Å². The molecule has 1 aromatic heterocycles. The molecule has 0 radical (unpaired) electrons. The third kappa shape index (κ3) is 1.59. The number of hydrogen-bond donors (Lipinski definition) is 0. The Hall–Kier alpha value is -0.760. The first-order valence-electron chi connectivity index (χ1n) is 3.61. The first-order valence-corrected chi connectivity index (χ1v) is 5.50. The molecule has 0 saturated carbocycles. The minimum atomic E-state index is -0.460. The van der Waals surface area contributed by atoms with Gasteiger partial charge < -0.3 is 0 Å². The summed E-state index contributed by atoms with van der Waals surface area (Å²) in [5.74, 6) is -0.362. The smallest absolute Gasteiger partial charge is 0.258 e. The van der Waals surface area contributed by atoms with Crippen molar-refractivity contribution in [1.82, 2.24) is 0 Å². The van der Waals surface area contributed by atoms with Crippen molar-refractivity contribution in [1.29, 1.82) is 0 Å². The summed E-state index contributed by atoms with van der Waals surface area (Å²) in [7, 11) is 0. The Kier molecular flexibility index (Phi) is 2.40. The van der Waals surface area contributed by atoms with Crippen molar-refractivity contribution in [3.8, 4) is 0 Å². The number of nitrogens with zero attached hydrogens (tertiary/aromatic N) is 1. The lowest BCUT2D eigenvalue weighted by Crippen LogP contribution is -1.80. The molecule has 6 heteroatoms. The molecule has 0 N–H and O–H groups in total. The molecule has 0 aliphatic carbocycles. The number of hydrogen-bond acceptors (Lipinski definition) is 3. The standard InChI is InChI=1S/C8H3FINO2S/c9-4-1-6(10)5-3-8(11(12)13)14-7(5)2-4/h1-3H. The van der Waals surface area contributed by atoms with Crippen LogP contribution in [0.4, 0.5) is 9.39 Å². The van der Waals surface area contributed by atoms with Crippen LogP contribution in [0, 0.1) is 19.5 Å². The monoisotopic (exact) mass is 323 g/mol. The minimum absolute atomic E-state index is 0.0449. The van der Waals surface area contributed by atoms with Gasteiger partial charge in [-0.05, 0) is 34.7 Å². The van der Waals surface area contributed by atoms with E-state index in [9.17, 15) is 14.5 Å². The van der Waals surface area contributed by atoms with E-state index < -0.39 is 4.92 Å². The van der Waals surface area contributed by atoms with E-state index in [1.54, 1.807) is 0 Å². The van der Waals surface area contributed by atoms with Crippen LogP contribution >= 0.6 is 33.9 Å². The first-order chi connectivity index (χ1) is 6.58. The highest BCUT2D eigenvalue weighted by Gasteiger charge is 2.13. The van der Waals surface area contributed by atoms with Gasteiger partial charge in [0.2, 0.25) is 0 Å². The lowest BCUT2D eigenvalue weighted by Gasteiger charge is -1.92. The molecular formula is C8H3FINO2S. The Morgan fingerprint density at radius 1 is 1.43 bits per heavy atom. The van der Waals surface area contributed by atoms with E-state index in [1.807, 2.05) is 22.6 Å². The summed E-state index contributed by atoms with van der Waals surface area (Å²) < 4.78 is 14.2. The van der Waals surface area contributed by atoms with Crippen LogP contribution in [0.2, 0.25) is 0 Å². The fraction of sp³-hybridized carbons (Fsp3) is 0. The highest BCUT2D eigenvalue weighted by Crippen LogP contribution is 2.34. The summed E-state index contributed by atoms with van der Waals surface area (Å²) in [6, 6.07) is 4.15. The zero-order valence-corrected chi connectivity index (χ0v) is 9.63. The second-order valence-corrected chi connectivity index (χ2v) is 4.87. The van der Waals surface area contributed by atoms with Gasteiger partial charge in [-0.2, -0.15) is 0 Å². The number of rotatable bonds is 1. The lowest BCUT2D eigenvalue weighted by atomic mass is 10.2.